The van der Waals surface area contributed by atoms with Crippen molar-refractivity contribution in [1.29, 1.82) is 0 Å². The van der Waals surface area contributed by atoms with Crippen LogP contribution in [0, 0.1) is 0 Å². The fourth-order valence-corrected chi connectivity index (χ4v) is 3.20. The molecule has 0 saturated carbocycles. The van der Waals surface area contributed by atoms with Crippen LogP contribution in [0.1, 0.15) is 11.1 Å². The first kappa shape index (κ1) is 23.3. The van der Waals surface area contributed by atoms with Gasteiger partial charge in [0.25, 0.3) is 0 Å². The zero-order chi connectivity index (χ0) is 21.9. The Labute approximate surface area is 163 Å². The van der Waals surface area contributed by atoms with Gasteiger partial charge in [0.05, 0.1) is 0 Å². The molecule has 0 amide bonds. The van der Waals surface area contributed by atoms with E-state index in [1.807, 2.05) is 0 Å². The molecule has 12 nitrogen and oxygen atoms in total. The number of hydrogen-bond acceptors (Lipinski definition) is 6. The summed E-state index contributed by atoms with van der Waals surface area (Å²) < 4.78 is 46.1. The van der Waals surface area contributed by atoms with E-state index in [4.69, 9.17) is 29.4 Å². The minimum Gasteiger partial charge on any atom is -0.404 e. The molecule has 0 saturated heterocycles. The lowest BCUT2D eigenvalue weighted by atomic mass is 10.1. The van der Waals surface area contributed by atoms with E-state index in [2.05, 4.69) is 13.6 Å². The molecule has 0 unspecified atom stereocenters. The van der Waals surface area contributed by atoms with Crippen LogP contribution in [0.15, 0.2) is 42.5 Å². The van der Waals surface area contributed by atoms with Crippen molar-refractivity contribution in [2.75, 3.05) is 0 Å². The molecule has 2 aromatic carbocycles. The molecule has 0 radical (unpaired) electrons. The maximum atomic E-state index is 11.0. The second-order valence-electron chi connectivity index (χ2n) is 5.39. The topological polar surface area (TPSA) is 200 Å². The van der Waals surface area contributed by atoms with E-state index in [0.29, 0.717) is 5.56 Å². The molecule has 0 spiro atoms. The van der Waals surface area contributed by atoms with Gasteiger partial charge in [0.2, 0.25) is 0 Å². The summed E-state index contributed by atoms with van der Waals surface area (Å²) in [6.45, 7) is 0. The van der Waals surface area contributed by atoms with Crippen molar-refractivity contribution in [3.8, 4) is 17.2 Å². The number of hydrogen-bond donors (Lipinski definition) is 6. The highest BCUT2D eigenvalue weighted by Gasteiger charge is 2.20. The molecule has 0 aliphatic carbocycles. The summed E-state index contributed by atoms with van der Waals surface area (Å²) in [5.41, 5.74) is 0.761. The van der Waals surface area contributed by atoms with Crippen LogP contribution >= 0.6 is 23.5 Å². The SMILES string of the molecule is O=P(O)(O)Oc1ccc(/C=C/c2cc(OP(=O)(O)O)cc(OP(=O)(O)O)c2)cc1. The Kier molecular flexibility index (Phi) is 7.08. The van der Waals surface area contributed by atoms with E-state index in [9.17, 15) is 13.7 Å². The summed E-state index contributed by atoms with van der Waals surface area (Å²) in [6, 6.07) is 8.79. The van der Waals surface area contributed by atoms with E-state index in [1.165, 1.54) is 48.6 Å². The zero-order valence-corrected chi connectivity index (χ0v) is 16.9. The maximum Gasteiger partial charge on any atom is 0.524 e. The third kappa shape index (κ3) is 9.38. The Morgan fingerprint density at radius 3 is 1.34 bits per heavy atom. The molecule has 2 aromatic rings. The van der Waals surface area contributed by atoms with Crippen molar-refractivity contribution in [2.24, 2.45) is 0 Å². The number of phosphoric ester groups is 3. The van der Waals surface area contributed by atoms with Gasteiger partial charge < -0.3 is 13.6 Å². The molecule has 6 N–H and O–H groups in total. The summed E-state index contributed by atoms with van der Waals surface area (Å²) in [5.74, 6) is -0.853. The predicted octanol–water partition coefficient (Wildman–Crippen LogP) is 2.27. The van der Waals surface area contributed by atoms with Crippen LogP contribution in [0.5, 0.6) is 17.2 Å². The molecule has 158 valence electrons. The van der Waals surface area contributed by atoms with Gasteiger partial charge in [0.1, 0.15) is 17.2 Å². The second-order valence-corrected chi connectivity index (χ2v) is 8.88. The highest BCUT2D eigenvalue weighted by molar-refractivity contribution is 7.47. The fraction of sp³-hybridized carbons (Fsp3) is 0. The fourth-order valence-electron chi connectivity index (χ4n) is 2.04. The summed E-state index contributed by atoms with van der Waals surface area (Å²) in [6.07, 6.45) is 2.91. The molecule has 15 heteroatoms. The van der Waals surface area contributed by atoms with Gasteiger partial charge >= 0.3 is 23.5 Å². The van der Waals surface area contributed by atoms with Crippen LogP contribution in [0.2, 0.25) is 0 Å². The Bertz CT molecular complexity index is 988. The first-order valence-corrected chi connectivity index (χ1v) is 12.0. The van der Waals surface area contributed by atoms with Gasteiger partial charge in [0.15, 0.2) is 0 Å². The van der Waals surface area contributed by atoms with Gasteiger partial charge in [-0.3, -0.25) is 29.4 Å². The molecule has 0 aliphatic heterocycles. The highest BCUT2D eigenvalue weighted by Crippen LogP contribution is 2.43. The third-order valence-electron chi connectivity index (χ3n) is 2.92. The molecule has 0 heterocycles. The average molecular weight is 468 g/mol. The molecular formula is C14H15O12P3. The minimum atomic E-state index is -4.93. The van der Waals surface area contributed by atoms with Crippen LogP contribution in [0.4, 0.5) is 0 Å². The Balaban J connectivity index is 2.28. The largest absolute Gasteiger partial charge is 0.524 e. The van der Waals surface area contributed by atoms with Crippen LogP contribution in [0.3, 0.4) is 0 Å². The van der Waals surface area contributed by atoms with Gasteiger partial charge in [-0.15, -0.1) is 0 Å². The Morgan fingerprint density at radius 2 is 0.931 bits per heavy atom. The second kappa shape index (κ2) is 8.81. The van der Waals surface area contributed by atoms with E-state index in [-0.39, 0.29) is 11.3 Å². The van der Waals surface area contributed by atoms with Gasteiger partial charge in [-0.2, -0.15) is 0 Å². The molecule has 0 bridgehead atoms. The standard InChI is InChI=1S/C14H15O12P3/c15-27(16,17)24-12-5-3-10(4-6-12)1-2-11-7-13(25-28(18,19)20)9-14(8-11)26-29(21,22)23/h1-9H,(H2,15,16,17)(H2,18,19,20)(H2,21,22,23)/b2-1+. The first-order valence-electron chi connectivity index (χ1n) is 7.37. The lowest BCUT2D eigenvalue weighted by Gasteiger charge is -2.11. The van der Waals surface area contributed by atoms with Gasteiger partial charge in [-0.1, -0.05) is 24.3 Å². The number of rotatable bonds is 8. The molecule has 0 fully saturated rings. The first-order chi connectivity index (χ1) is 13.2. The number of phosphoric acid groups is 3. The van der Waals surface area contributed by atoms with E-state index < -0.39 is 35.0 Å². The molecule has 0 atom stereocenters. The van der Waals surface area contributed by atoms with Crippen LogP contribution in [-0.4, -0.2) is 29.4 Å². The van der Waals surface area contributed by atoms with Gasteiger partial charge in [-0.25, -0.2) is 13.7 Å². The molecule has 2 rings (SSSR count). The third-order valence-corrected chi connectivity index (χ3v) is 4.27. The van der Waals surface area contributed by atoms with E-state index in [0.717, 1.165) is 6.07 Å². The van der Waals surface area contributed by atoms with Crippen molar-refractivity contribution >= 4 is 35.6 Å². The molecular weight excluding hydrogens is 453 g/mol. The quantitative estimate of drug-likeness (QED) is 0.244. The predicted molar refractivity (Wildman–Crippen MR) is 99.8 cm³/mol. The average Bonchev–Trinajstić information content (AvgIpc) is 2.49. The lowest BCUT2D eigenvalue weighted by Crippen LogP contribution is -1.94. The van der Waals surface area contributed by atoms with Crippen LogP contribution < -0.4 is 13.6 Å². The smallest absolute Gasteiger partial charge is 0.404 e. The zero-order valence-electron chi connectivity index (χ0n) is 14.2. The van der Waals surface area contributed by atoms with Crippen LogP contribution in [-0.2, 0) is 13.7 Å². The maximum absolute atomic E-state index is 11.0. The summed E-state index contributed by atoms with van der Waals surface area (Å²) in [5, 5.41) is 0. The normalized spacial score (nSPS) is 12.8. The van der Waals surface area contributed by atoms with Gasteiger partial charge in [0, 0.05) is 6.07 Å². The molecule has 0 aromatic heterocycles. The Morgan fingerprint density at radius 1 is 0.552 bits per heavy atom. The van der Waals surface area contributed by atoms with Gasteiger partial charge in [-0.05, 0) is 35.4 Å². The van der Waals surface area contributed by atoms with Crippen molar-refractivity contribution < 1.29 is 56.6 Å². The lowest BCUT2D eigenvalue weighted by molar-refractivity contribution is 0.278. The minimum absolute atomic E-state index is 0.0649. The van der Waals surface area contributed by atoms with E-state index >= 15 is 0 Å². The summed E-state index contributed by atoms with van der Waals surface area (Å²) in [7, 11) is -14.5. The van der Waals surface area contributed by atoms with E-state index in [1.54, 1.807) is 0 Å². The summed E-state index contributed by atoms with van der Waals surface area (Å²) in [4.78, 5) is 53.1. The van der Waals surface area contributed by atoms with Crippen molar-refractivity contribution in [2.45, 2.75) is 0 Å². The number of benzene rings is 2. The molecule has 0 aliphatic rings. The van der Waals surface area contributed by atoms with Crippen molar-refractivity contribution in [3.63, 3.8) is 0 Å². The van der Waals surface area contributed by atoms with Crippen molar-refractivity contribution in [3.05, 3.63) is 53.6 Å². The monoisotopic (exact) mass is 468 g/mol. The summed E-state index contributed by atoms with van der Waals surface area (Å²) >= 11 is 0. The Hall–Kier alpha value is -1.97. The molecule has 29 heavy (non-hydrogen) atoms. The highest BCUT2D eigenvalue weighted by atomic mass is 31.2. The van der Waals surface area contributed by atoms with Crippen molar-refractivity contribution in [1.82, 2.24) is 0 Å². The van der Waals surface area contributed by atoms with Crippen LogP contribution in [0.25, 0.3) is 12.2 Å².